The molecule has 0 radical (unpaired) electrons. The number of carbonyl (C=O) groups is 1. The van der Waals surface area contributed by atoms with Crippen LogP contribution in [0.15, 0.2) is 54.6 Å². The summed E-state index contributed by atoms with van der Waals surface area (Å²) < 4.78 is 18.6. The van der Waals surface area contributed by atoms with E-state index in [0.717, 1.165) is 21.6 Å². The van der Waals surface area contributed by atoms with Crippen molar-refractivity contribution in [2.75, 3.05) is 7.11 Å². The van der Waals surface area contributed by atoms with Crippen molar-refractivity contribution in [1.82, 2.24) is 0 Å². The van der Waals surface area contributed by atoms with Crippen LogP contribution in [0.5, 0.6) is 0 Å². The number of aryl methyl sites for hydroxylation is 1. The normalized spacial score (nSPS) is 10.6. The van der Waals surface area contributed by atoms with Gasteiger partial charge in [-0.25, -0.2) is 9.18 Å². The molecule has 23 heavy (non-hydrogen) atoms. The molecule has 3 rings (SSSR count). The SMILES string of the molecule is COC(=O)c1cc(C)c(-c2ccc(-c3ccccc3F)cc2)s1. The van der Waals surface area contributed by atoms with Crippen molar-refractivity contribution in [3.05, 3.63) is 70.9 Å². The number of methoxy groups -OCH3 is 1. The minimum absolute atomic E-state index is 0.236. The molecule has 0 N–H and O–H groups in total. The van der Waals surface area contributed by atoms with E-state index in [1.165, 1.54) is 24.5 Å². The quantitative estimate of drug-likeness (QED) is 0.609. The van der Waals surface area contributed by atoms with Crippen molar-refractivity contribution in [2.24, 2.45) is 0 Å². The summed E-state index contributed by atoms with van der Waals surface area (Å²) in [6.07, 6.45) is 0. The standard InChI is InChI=1S/C19H15FO2S/c1-12-11-17(19(21)22-2)23-18(12)14-9-7-13(8-10-14)15-5-3-4-6-16(15)20/h3-11H,1-2H3. The van der Waals surface area contributed by atoms with Gasteiger partial charge in [0.15, 0.2) is 0 Å². The van der Waals surface area contributed by atoms with Crippen LogP contribution in [0.2, 0.25) is 0 Å². The summed E-state index contributed by atoms with van der Waals surface area (Å²) in [5.74, 6) is -0.562. The van der Waals surface area contributed by atoms with Gasteiger partial charge in [-0.2, -0.15) is 0 Å². The van der Waals surface area contributed by atoms with Gasteiger partial charge in [-0.15, -0.1) is 11.3 Å². The lowest BCUT2D eigenvalue weighted by Gasteiger charge is -2.05. The van der Waals surface area contributed by atoms with E-state index in [9.17, 15) is 9.18 Å². The molecule has 0 atom stereocenters. The lowest BCUT2D eigenvalue weighted by molar-refractivity contribution is 0.0606. The average Bonchev–Trinajstić information content (AvgIpc) is 2.97. The smallest absolute Gasteiger partial charge is 0.348 e. The van der Waals surface area contributed by atoms with Crippen LogP contribution in [0, 0.1) is 12.7 Å². The van der Waals surface area contributed by atoms with Crippen LogP contribution >= 0.6 is 11.3 Å². The molecule has 4 heteroatoms. The van der Waals surface area contributed by atoms with Gasteiger partial charge in [0.05, 0.1) is 7.11 Å². The molecule has 0 bridgehead atoms. The molecule has 0 unspecified atom stereocenters. The molecule has 1 aromatic heterocycles. The first-order valence-corrected chi connectivity index (χ1v) is 7.96. The molecule has 0 saturated carbocycles. The number of ether oxygens (including phenoxy) is 1. The average molecular weight is 326 g/mol. The van der Waals surface area contributed by atoms with E-state index in [1.807, 2.05) is 43.3 Å². The lowest BCUT2D eigenvalue weighted by atomic mass is 10.0. The van der Waals surface area contributed by atoms with E-state index < -0.39 is 0 Å². The summed E-state index contributed by atoms with van der Waals surface area (Å²) in [5.41, 5.74) is 3.43. The van der Waals surface area contributed by atoms with Gasteiger partial charge in [0, 0.05) is 10.4 Å². The fourth-order valence-electron chi connectivity index (χ4n) is 2.47. The second-order valence-electron chi connectivity index (χ2n) is 5.17. The van der Waals surface area contributed by atoms with Crippen molar-refractivity contribution >= 4 is 17.3 Å². The van der Waals surface area contributed by atoms with Crippen LogP contribution in [0.25, 0.3) is 21.6 Å². The predicted octanol–water partition coefficient (Wildman–Crippen LogP) is 5.32. The second kappa shape index (κ2) is 6.34. The molecule has 0 amide bonds. The maximum absolute atomic E-state index is 13.8. The number of rotatable bonds is 3. The van der Waals surface area contributed by atoms with E-state index in [1.54, 1.807) is 12.1 Å². The zero-order valence-electron chi connectivity index (χ0n) is 12.8. The first kappa shape index (κ1) is 15.4. The number of hydrogen-bond acceptors (Lipinski definition) is 3. The first-order valence-electron chi connectivity index (χ1n) is 7.14. The van der Waals surface area contributed by atoms with Crippen molar-refractivity contribution in [3.63, 3.8) is 0 Å². The Bertz CT molecular complexity index is 850. The Morgan fingerprint density at radius 2 is 1.70 bits per heavy atom. The molecule has 0 saturated heterocycles. The molecule has 0 spiro atoms. The molecule has 0 aliphatic rings. The monoisotopic (exact) mass is 326 g/mol. The Morgan fingerprint density at radius 1 is 1.04 bits per heavy atom. The van der Waals surface area contributed by atoms with E-state index >= 15 is 0 Å². The molecular weight excluding hydrogens is 311 g/mol. The van der Waals surface area contributed by atoms with Crippen LogP contribution in [0.4, 0.5) is 4.39 Å². The largest absolute Gasteiger partial charge is 0.465 e. The molecular formula is C19H15FO2S. The van der Waals surface area contributed by atoms with Gasteiger partial charge in [-0.1, -0.05) is 42.5 Å². The minimum Gasteiger partial charge on any atom is -0.465 e. The van der Waals surface area contributed by atoms with Gasteiger partial charge in [-0.05, 0) is 35.7 Å². The number of hydrogen-bond donors (Lipinski definition) is 0. The van der Waals surface area contributed by atoms with Crippen LogP contribution < -0.4 is 0 Å². The summed E-state index contributed by atoms with van der Waals surface area (Å²) in [6.45, 7) is 1.96. The number of benzene rings is 2. The lowest BCUT2D eigenvalue weighted by Crippen LogP contribution is -1.96. The summed E-state index contributed by atoms with van der Waals surface area (Å²) in [7, 11) is 1.38. The van der Waals surface area contributed by atoms with Crippen molar-refractivity contribution in [1.29, 1.82) is 0 Å². The van der Waals surface area contributed by atoms with Gasteiger partial charge in [0.2, 0.25) is 0 Å². The fraction of sp³-hybridized carbons (Fsp3) is 0.105. The molecule has 3 aromatic rings. The highest BCUT2D eigenvalue weighted by Gasteiger charge is 2.14. The van der Waals surface area contributed by atoms with Crippen molar-refractivity contribution < 1.29 is 13.9 Å². The van der Waals surface area contributed by atoms with Crippen LogP contribution in [-0.4, -0.2) is 13.1 Å². The van der Waals surface area contributed by atoms with Gasteiger partial charge >= 0.3 is 5.97 Å². The van der Waals surface area contributed by atoms with Crippen molar-refractivity contribution in [2.45, 2.75) is 6.92 Å². The Morgan fingerprint density at radius 3 is 2.35 bits per heavy atom. The third kappa shape index (κ3) is 3.03. The number of carbonyl (C=O) groups excluding carboxylic acids is 1. The van der Waals surface area contributed by atoms with Crippen LogP contribution in [-0.2, 0) is 4.74 Å². The first-order chi connectivity index (χ1) is 11.1. The Labute approximate surface area is 138 Å². The van der Waals surface area contributed by atoms with Gasteiger partial charge in [0.1, 0.15) is 10.7 Å². The molecule has 116 valence electrons. The minimum atomic E-state index is -0.327. The summed E-state index contributed by atoms with van der Waals surface area (Å²) >= 11 is 1.40. The number of esters is 1. The molecule has 0 fully saturated rings. The second-order valence-corrected chi connectivity index (χ2v) is 6.22. The Kier molecular flexibility index (Phi) is 4.26. The Hall–Kier alpha value is -2.46. The summed E-state index contributed by atoms with van der Waals surface area (Å²) in [4.78, 5) is 13.2. The molecule has 0 aliphatic heterocycles. The predicted molar refractivity (Wildman–Crippen MR) is 91.2 cm³/mol. The third-order valence-corrected chi connectivity index (χ3v) is 4.90. The summed E-state index contributed by atoms with van der Waals surface area (Å²) in [6, 6.07) is 16.2. The third-order valence-electron chi connectivity index (χ3n) is 3.64. The van der Waals surface area contributed by atoms with Gasteiger partial charge in [0.25, 0.3) is 0 Å². The maximum Gasteiger partial charge on any atom is 0.348 e. The van der Waals surface area contributed by atoms with Gasteiger partial charge in [-0.3, -0.25) is 0 Å². The molecule has 1 heterocycles. The van der Waals surface area contributed by atoms with E-state index in [4.69, 9.17) is 4.74 Å². The zero-order valence-corrected chi connectivity index (χ0v) is 13.6. The highest BCUT2D eigenvalue weighted by atomic mass is 32.1. The molecule has 2 nitrogen and oxygen atoms in total. The summed E-state index contributed by atoms with van der Waals surface area (Å²) in [5, 5.41) is 0. The fourth-order valence-corrected chi connectivity index (χ4v) is 3.56. The van der Waals surface area contributed by atoms with E-state index in [-0.39, 0.29) is 11.8 Å². The molecule has 2 aromatic carbocycles. The van der Waals surface area contributed by atoms with Crippen LogP contribution in [0.1, 0.15) is 15.2 Å². The highest BCUT2D eigenvalue weighted by molar-refractivity contribution is 7.17. The van der Waals surface area contributed by atoms with E-state index in [2.05, 4.69) is 0 Å². The topological polar surface area (TPSA) is 26.3 Å². The van der Waals surface area contributed by atoms with E-state index in [0.29, 0.717) is 10.4 Å². The van der Waals surface area contributed by atoms with Crippen LogP contribution in [0.3, 0.4) is 0 Å². The Balaban J connectivity index is 1.96. The number of thiophene rings is 1. The maximum atomic E-state index is 13.8. The van der Waals surface area contributed by atoms with Crippen molar-refractivity contribution in [3.8, 4) is 21.6 Å². The highest BCUT2D eigenvalue weighted by Crippen LogP contribution is 2.34. The zero-order chi connectivity index (χ0) is 16.4. The van der Waals surface area contributed by atoms with Gasteiger partial charge < -0.3 is 4.74 Å². The number of halogens is 1. The molecule has 0 aliphatic carbocycles.